The Labute approximate surface area is 169 Å². The fourth-order valence-electron chi connectivity index (χ4n) is 3.17. The summed E-state index contributed by atoms with van der Waals surface area (Å²) in [6.45, 7) is 1.03. The predicted molar refractivity (Wildman–Crippen MR) is 115 cm³/mol. The molecule has 28 heavy (non-hydrogen) atoms. The maximum Gasteiger partial charge on any atom is 0.314 e. The lowest BCUT2D eigenvalue weighted by Crippen LogP contribution is -2.45. The van der Waals surface area contributed by atoms with Gasteiger partial charge in [0.2, 0.25) is 0 Å². The minimum Gasteiger partial charge on any atom is -0.338 e. The van der Waals surface area contributed by atoms with Gasteiger partial charge in [0.1, 0.15) is 5.82 Å². The summed E-state index contributed by atoms with van der Waals surface area (Å²) in [4.78, 5) is 14.3. The molecule has 0 aliphatic carbocycles. The van der Waals surface area contributed by atoms with Gasteiger partial charge in [-0.2, -0.15) is 0 Å². The molecule has 3 rings (SSSR count). The number of thiophene rings is 1. The van der Waals surface area contributed by atoms with Gasteiger partial charge >= 0.3 is 6.03 Å². The number of likely N-dealkylation sites (N-methyl/N-ethyl adjacent to an activating group) is 1. The number of amides is 2. The van der Waals surface area contributed by atoms with Crippen molar-refractivity contribution in [2.24, 2.45) is 0 Å². The van der Waals surface area contributed by atoms with Gasteiger partial charge in [-0.1, -0.05) is 30.3 Å². The lowest BCUT2D eigenvalue weighted by atomic mass is 10.0. The molecule has 6 heteroatoms. The molecule has 0 aliphatic heterocycles. The van der Waals surface area contributed by atoms with Crippen molar-refractivity contribution in [3.8, 4) is 0 Å². The molecule has 0 aliphatic rings. The SMILES string of the molecule is CN(C)[C@H](CNC(=O)NCCc1cccc(F)c1)Cc1csc2ccccc12. The van der Waals surface area contributed by atoms with Gasteiger partial charge in [-0.05, 0) is 67.0 Å². The van der Waals surface area contributed by atoms with Crippen LogP contribution in [0.4, 0.5) is 9.18 Å². The van der Waals surface area contributed by atoms with Gasteiger partial charge in [0.05, 0.1) is 0 Å². The summed E-state index contributed by atoms with van der Waals surface area (Å²) in [6.07, 6.45) is 1.48. The standard InChI is InChI=1S/C22H26FN3OS/c1-26(2)19(13-17-15-28-21-9-4-3-8-20(17)21)14-25-22(27)24-11-10-16-6-5-7-18(23)12-16/h3-9,12,15,19H,10-11,13-14H2,1-2H3,(H2,24,25,27)/t19-/m0/s1. The zero-order valence-electron chi connectivity index (χ0n) is 16.2. The van der Waals surface area contributed by atoms with Crippen LogP contribution in [0.5, 0.6) is 0 Å². The normalized spacial score (nSPS) is 12.3. The first-order valence-corrected chi connectivity index (χ1v) is 10.3. The Morgan fingerprint density at radius 2 is 1.96 bits per heavy atom. The maximum atomic E-state index is 13.2. The number of hydrogen-bond acceptors (Lipinski definition) is 3. The van der Waals surface area contributed by atoms with Crippen LogP contribution in [0.25, 0.3) is 10.1 Å². The minimum absolute atomic E-state index is 0.196. The third kappa shape index (κ3) is 5.53. The number of carbonyl (C=O) groups is 1. The highest BCUT2D eigenvalue weighted by molar-refractivity contribution is 7.17. The van der Waals surface area contributed by atoms with Gasteiger partial charge in [0.15, 0.2) is 0 Å². The lowest BCUT2D eigenvalue weighted by Gasteiger charge is -2.24. The van der Waals surface area contributed by atoms with Crippen molar-refractivity contribution in [1.29, 1.82) is 0 Å². The predicted octanol–water partition coefficient (Wildman–Crippen LogP) is 4.06. The van der Waals surface area contributed by atoms with E-state index in [9.17, 15) is 9.18 Å². The van der Waals surface area contributed by atoms with Crippen molar-refractivity contribution < 1.29 is 9.18 Å². The van der Waals surface area contributed by atoms with Crippen LogP contribution in [0, 0.1) is 5.82 Å². The third-order valence-corrected chi connectivity index (χ3v) is 5.85. The molecule has 0 radical (unpaired) electrons. The van der Waals surface area contributed by atoms with Crippen LogP contribution in [0.2, 0.25) is 0 Å². The molecule has 2 aromatic carbocycles. The quantitative estimate of drug-likeness (QED) is 0.600. The first-order valence-electron chi connectivity index (χ1n) is 9.40. The number of nitrogens with zero attached hydrogens (tertiary/aromatic N) is 1. The monoisotopic (exact) mass is 399 g/mol. The van der Waals surface area contributed by atoms with Crippen molar-refractivity contribution >= 4 is 27.5 Å². The van der Waals surface area contributed by atoms with E-state index in [1.54, 1.807) is 17.4 Å². The molecule has 1 aromatic heterocycles. The number of nitrogens with one attached hydrogen (secondary N) is 2. The number of urea groups is 1. The molecule has 0 fully saturated rings. The number of halogens is 1. The molecule has 3 aromatic rings. The third-order valence-electron chi connectivity index (χ3n) is 4.83. The number of rotatable bonds is 8. The summed E-state index contributed by atoms with van der Waals surface area (Å²) >= 11 is 1.76. The molecule has 148 valence electrons. The van der Waals surface area contributed by atoms with E-state index in [2.05, 4.69) is 45.2 Å². The van der Waals surface area contributed by atoms with Crippen LogP contribution in [0.3, 0.4) is 0 Å². The highest BCUT2D eigenvalue weighted by atomic mass is 32.1. The Balaban J connectivity index is 1.48. The molecule has 1 atom stereocenters. The molecule has 2 amide bonds. The van der Waals surface area contributed by atoms with Crippen LogP contribution < -0.4 is 10.6 Å². The number of fused-ring (bicyclic) bond motifs is 1. The van der Waals surface area contributed by atoms with Gasteiger partial charge in [-0.3, -0.25) is 0 Å². The average molecular weight is 400 g/mol. The lowest BCUT2D eigenvalue weighted by molar-refractivity contribution is 0.232. The van der Waals surface area contributed by atoms with E-state index in [-0.39, 0.29) is 17.9 Å². The summed E-state index contributed by atoms with van der Waals surface area (Å²) in [7, 11) is 4.06. The molecular weight excluding hydrogens is 373 g/mol. The molecule has 2 N–H and O–H groups in total. The molecule has 0 saturated heterocycles. The van der Waals surface area contributed by atoms with Crippen LogP contribution in [-0.4, -0.2) is 44.2 Å². The second-order valence-electron chi connectivity index (χ2n) is 7.10. The maximum absolute atomic E-state index is 13.2. The zero-order valence-corrected chi connectivity index (χ0v) is 17.1. The van der Waals surface area contributed by atoms with Crippen molar-refractivity contribution in [3.05, 3.63) is 70.9 Å². The Morgan fingerprint density at radius 1 is 1.14 bits per heavy atom. The Bertz CT molecular complexity index is 925. The second kappa shape index (κ2) is 9.66. The van der Waals surface area contributed by atoms with Gasteiger partial charge in [-0.25, -0.2) is 9.18 Å². The summed E-state index contributed by atoms with van der Waals surface area (Å²) in [5.74, 6) is -0.253. The fraction of sp³-hybridized carbons (Fsp3) is 0.318. The van der Waals surface area contributed by atoms with Crippen LogP contribution >= 0.6 is 11.3 Å². The Morgan fingerprint density at radius 3 is 2.75 bits per heavy atom. The zero-order chi connectivity index (χ0) is 19.9. The number of hydrogen-bond donors (Lipinski definition) is 2. The van der Waals surface area contributed by atoms with Crippen LogP contribution in [0.15, 0.2) is 53.9 Å². The molecule has 4 nitrogen and oxygen atoms in total. The number of benzene rings is 2. The Hall–Kier alpha value is -2.44. The van der Waals surface area contributed by atoms with Crippen LogP contribution in [0.1, 0.15) is 11.1 Å². The summed E-state index contributed by atoms with van der Waals surface area (Å²) in [5, 5.41) is 9.30. The number of carbonyl (C=O) groups excluding carboxylic acids is 1. The van der Waals surface area contributed by atoms with Crippen LogP contribution in [-0.2, 0) is 12.8 Å². The molecule has 0 spiro atoms. The van der Waals surface area contributed by atoms with E-state index in [1.165, 1.54) is 27.8 Å². The highest BCUT2D eigenvalue weighted by Crippen LogP contribution is 2.27. The van der Waals surface area contributed by atoms with E-state index in [4.69, 9.17) is 0 Å². The smallest absolute Gasteiger partial charge is 0.314 e. The molecule has 0 bridgehead atoms. The first-order chi connectivity index (χ1) is 13.5. The highest BCUT2D eigenvalue weighted by Gasteiger charge is 2.16. The molecule has 1 heterocycles. The van der Waals surface area contributed by atoms with E-state index >= 15 is 0 Å². The minimum atomic E-state index is -0.253. The first kappa shape index (κ1) is 20.3. The topological polar surface area (TPSA) is 44.4 Å². The van der Waals surface area contributed by atoms with E-state index < -0.39 is 0 Å². The van der Waals surface area contributed by atoms with Crippen molar-refractivity contribution in [2.75, 3.05) is 27.2 Å². The molecule has 0 unspecified atom stereocenters. The largest absolute Gasteiger partial charge is 0.338 e. The van der Waals surface area contributed by atoms with Gasteiger partial charge in [-0.15, -0.1) is 11.3 Å². The van der Waals surface area contributed by atoms with E-state index in [0.29, 0.717) is 19.5 Å². The summed E-state index contributed by atoms with van der Waals surface area (Å²) in [5.41, 5.74) is 2.18. The van der Waals surface area contributed by atoms with E-state index in [1.807, 2.05) is 20.2 Å². The van der Waals surface area contributed by atoms with Crippen molar-refractivity contribution in [1.82, 2.24) is 15.5 Å². The molecular formula is C22H26FN3OS. The van der Waals surface area contributed by atoms with Gasteiger partial charge in [0, 0.05) is 23.8 Å². The fourth-order valence-corrected chi connectivity index (χ4v) is 4.14. The van der Waals surface area contributed by atoms with E-state index in [0.717, 1.165) is 12.0 Å². The second-order valence-corrected chi connectivity index (χ2v) is 8.01. The van der Waals surface area contributed by atoms with Crippen molar-refractivity contribution in [3.63, 3.8) is 0 Å². The van der Waals surface area contributed by atoms with Gasteiger partial charge < -0.3 is 15.5 Å². The average Bonchev–Trinajstić information content (AvgIpc) is 3.08. The Kier molecular flexibility index (Phi) is 7.01. The van der Waals surface area contributed by atoms with Crippen molar-refractivity contribution in [2.45, 2.75) is 18.9 Å². The van der Waals surface area contributed by atoms with Gasteiger partial charge in [0.25, 0.3) is 0 Å². The summed E-state index contributed by atoms with van der Waals surface area (Å²) in [6, 6.07) is 14.9. The summed E-state index contributed by atoms with van der Waals surface area (Å²) < 4.78 is 14.5. The molecule has 0 saturated carbocycles.